The van der Waals surface area contributed by atoms with E-state index in [4.69, 9.17) is 14.9 Å². The van der Waals surface area contributed by atoms with E-state index in [9.17, 15) is 9.59 Å². The average molecular weight is 455 g/mol. The molecule has 1 fully saturated rings. The molecule has 1 atom stereocenters. The molecular weight excluding hydrogens is 434 g/mol. The Labute approximate surface area is 195 Å². The molecule has 9 nitrogen and oxygen atoms in total. The molecule has 1 aliphatic rings. The SMILES string of the molecule is COc1cccc([C@@H]2OC(=N)C(=N/NC(=O)c3ccccc3)/C2=N\NC(=O)c2ccccc2)c1. The zero-order valence-corrected chi connectivity index (χ0v) is 18.2. The summed E-state index contributed by atoms with van der Waals surface area (Å²) in [7, 11) is 1.54. The van der Waals surface area contributed by atoms with Gasteiger partial charge in [0.15, 0.2) is 11.8 Å². The third kappa shape index (κ3) is 4.99. The quantitative estimate of drug-likeness (QED) is 0.493. The third-order valence-corrected chi connectivity index (χ3v) is 4.96. The van der Waals surface area contributed by atoms with E-state index in [1.165, 1.54) is 7.11 Å². The molecule has 0 spiro atoms. The monoisotopic (exact) mass is 455 g/mol. The van der Waals surface area contributed by atoms with Crippen LogP contribution in [0.25, 0.3) is 0 Å². The highest BCUT2D eigenvalue weighted by molar-refractivity contribution is 6.69. The second-order valence-electron chi connectivity index (χ2n) is 7.17. The van der Waals surface area contributed by atoms with Crippen molar-refractivity contribution in [3.63, 3.8) is 0 Å². The third-order valence-electron chi connectivity index (χ3n) is 4.96. The number of benzene rings is 3. The van der Waals surface area contributed by atoms with Gasteiger partial charge in [-0.2, -0.15) is 10.2 Å². The minimum atomic E-state index is -0.842. The predicted molar refractivity (Wildman–Crippen MR) is 127 cm³/mol. The number of methoxy groups -OCH3 is 1. The zero-order chi connectivity index (χ0) is 23.9. The summed E-state index contributed by atoms with van der Waals surface area (Å²) in [5.74, 6) is -0.612. The fourth-order valence-electron chi connectivity index (χ4n) is 3.25. The molecule has 3 aromatic rings. The van der Waals surface area contributed by atoms with Gasteiger partial charge in [0, 0.05) is 16.7 Å². The molecule has 0 saturated carbocycles. The molecule has 3 N–H and O–H groups in total. The Hall–Kier alpha value is -4.79. The first-order chi connectivity index (χ1) is 16.6. The van der Waals surface area contributed by atoms with Gasteiger partial charge >= 0.3 is 0 Å². The molecule has 9 heteroatoms. The van der Waals surface area contributed by atoms with Gasteiger partial charge in [-0.1, -0.05) is 48.5 Å². The van der Waals surface area contributed by atoms with Crippen molar-refractivity contribution < 1.29 is 19.1 Å². The molecule has 0 aromatic heterocycles. The van der Waals surface area contributed by atoms with Gasteiger partial charge in [-0.15, -0.1) is 0 Å². The predicted octanol–water partition coefficient (Wildman–Crippen LogP) is 3.32. The van der Waals surface area contributed by atoms with Crippen LogP contribution in [0.4, 0.5) is 0 Å². The van der Waals surface area contributed by atoms with Crippen molar-refractivity contribution in [2.45, 2.75) is 6.10 Å². The van der Waals surface area contributed by atoms with Crippen LogP contribution in [0, 0.1) is 5.41 Å². The minimum absolute atomic E-state index is 0.00883. The summed E-state index contributed by atoms with van der Waals surface area (Å²) in [6.45, 7) is 0. The molecule has 1 saturated heterocycles. The second-order valence-corrected chi connectivity index (χ2v) is 7.17. The van der Waals surface area contributed by atoms with Crippen LogP contribution in [0.2, 0.25) is 0 Å². The van der Waals surface area contributed by atoms with Crippen molar-refractivity contribution in [1.29, 1.82) is 5.41 Å². The lowest BCUT2D eigenvalue weighted by Crippen LogP contribution is -2.28. The topological polar surface area (TPSA) is 125 Å². The number of carbonyl (C=O) groups is 2. The largest absolute Gasteiger partial charge is 0.497 e. The van der Waals surface area contributed by atoms with Crippen molar-refractivity contribution in [2.75, 3.05) is 7.11 Å². The van der Waals surface area contributed by atoms with Crippen LogP contribution in [0.5, 0.6) is 5.75 Å². The molecule has 0 aliphatic carbocycles. The smallest absolute Gasteiger partial charge is 0.271 e. The van der Waals surface area contributed by atoms with E-state index in [-0.39, 0.29) is 17.3 Å². The lowest BCUT2D eigenvalue weighted by Gasteiger charge is -2.12. The highest BCUT2D eigenvalue weighted by Crippen LogP contribution is 2.29. The van der Waals surface area contributed by atoms with E-state index in [2.05, 4.69) is 21.1 Å². The van der Waals surface area contributed by atoms with E-state index in [1.54, 1.807) is 84.9 Å². The van der Waals surface area contributed by atoms with Gasteiger partial charge in [-0.25, -0.2) is 10.9 Å². The molecule has 1 aliphatic heterocycles. The van der Waals surface area contributed by atoms with Crippen LogP contribution in [-0.4, -0.2) is 36.2 Å². The van der Waals surface area contributed by atoms with Gasteiger partial charge in [-0.3, -0.25) is 15.0 Å². The first-order valence-electron chi connectivity index (χ1n) is 10.3. The number of hydrogen-bond acceptors (Lipinski definition) is 7. The fourth-order valence-corrected chi connectivity index (χ4v) is 3.25. The Kier molecular flexibility index (Phi) is 6.73. The normalized spacial score (nSPS) is 17.3. The molecule has 4 rings (SSSR count). The fraction of sp³-hybridized carbons (Fsp3) is 0.0800. The Morgan fingerprint density at radius 2 is 1.44 bits per heavy atom. The number of nitrogens with zero attached hydrogens (tertiary/aromatic N) is 2. The van der Waals surface area contributed by atoms with Crippen LogP contribution in [0.15, 0.2) is 95.1 Å². The highest BCUT2D eigenvalue weighted by atomic mass is 16.5. The Morgan fingerprint density at radius 1 is 0.853 bits per heavy atom. The van der Waals surface area contributed by atoms with E-state index < -0.39 is 17.9 Å². The summed E-state index contributed by atoms with van der Waals surface area (Å²) >= 11 is 0. The number of hydrazone groups is 2. The van der Waals surface area contributed by atoms with Crippen molar-refractivity contribution in [1.82, 2.24) is 10.9 Å². The summed E-state index contributed by atoms with van der Waals surface area (Å²) in [4.78, 5) is 25.0. The molecule has 1 heterocycles. The summed E-state index contributed by atoms with van der Waals surface area (Å²) in [5.41, 5.74) is 6.51. The molecule has 3 aromatic carbocycles. The zero-order valence-electron chi connectivity index (χ0n) is 18.2. The van der Waals surface area contributed by atoms with Gasteiger partial charge in [0.05, 0.1) is 7.11 Å². The van der Waals surface area contributed by atoms with Crippen LogP contribution in [-0.2, 0) is 4.74 Å². The van der Waals surface area contributed by atoms with Crippen LogP contribution < -0.4 is 15.6 Å². The van der Waals surface area contributed by atoms with E-state index >= 15 is 0 Å². The first kappa shape index (κ1) is 22.4. The molecule has 0 unspecified atom stereocenters. The molecule has 2 amide bonds. The van der Waals surface area contributed by atoms with Crippen molar-refractivity contribution in [3.8, 4) is 5.75 Å². The Bertz CT molecular complexity index is 1270. The lowest BCUT2D eigenvalue weighted by molar-refractivity contribution is 0.0946. The maximum absolute atomic E-state index is 12.5. The standard InChI is InChI=1S/C25H21N5O4/c1-33-19-14-8-13-18(15-19)22-20(27-29-24(31)16-9-4-2-5-10-16)21(23(26)34-22)28-30-25(32)17-11-6-3-7-12-17/h2-15,22,26H,1H3,(H,29,31)(H,30,32)/b26-23?,27-20+,28-21+/t22-/m0/s1. The molecule has 0 bridgehead atoms. The summed E-state index contributed by atoms with van der Waals surface area (Å²) < 4.78 is 11.0. The number of nitrogens with one attached hydrogen (secondary N) is 3. The summed E-state index contributed by atoms with van der Waals surface area (Å²) in [6.07, 6.45) is -0.842. The maximum atomic E-state index is 12.5. The Morgan fingerprint density at radius 3 is 2.03 bits per heavy atom. The van der Waals surface area contributed by atoms with Crippen molar-refractivity contribution >= 4 is 29.1 Å². The number of rotatable bonds is 6. The van der Waals surface area contributed by atoms with Crippen LogP contribution in [0.3, 0.4) is 0 Å². The number of hydrogen-bond donors (Lipinski definition) is 3. The van der Waals surface area contributed by atoms with Gasteiger partial charge in [0.25, 0.3) is 11.8 Å². The van der Waals surface area contributed by atoms with Crippen LogP contribution in [0.1, 0.15) is 32.4 Å². The summed E-state index contributed by atoms with van der Waals surface area (Å²) in [6, 6.07) is 24.2. The van der Waals surface area contributed by atoms with E-state index in [0.717, 1.165) is 0 Å². The average Bonchev–Trinajstić information content (AvgIpc) is 3.21. The highest BCUT2D eigenvalue weighted by Gasteiger charge is 2.38. The summed E-state index contributed by atoms with van der Waals surface area (Å²) in [5, 5.41) is 16.6. The van der Waals surface area contributed by atoms with Gasteiger partial charge in [0.2, 0.25) is 5.90 Å². The first-order valence-corrected chi connectivity index (χ1v) is 10.3. The van der Waals surface area contributed by atoms with Crippen molar-refractivity contribution in [2.24, 2.45) is 10.2 Å². The van der Waals surface area contributed by atoms with E-state index in [1.807, 2.05) is 0 Å². The molecule has 170 valence electrons. The second kappa shape index (κ2) is 10.2. The van der Waals surface area contributed by atoms with Gasteiger partial charge in [0.1, 0.15) is 11.5 Å². The van der Waals surface area contributed by atoms with Crippen LogP contribution >= 0.6 is 0 Å². The van der Waals surface area contributed by atoms with Gasteiger partial charge in [-0.05, 0) is 36.4 Å². The van der Waals surface area contributed by atoms with Crippen molar-refractivity contribution in [3.05, 3.63) is 102 Å². The Balaban J connectivity index is 1.66. The number of carbonyl (C=O) groups excluding carboxylic acids is 2. The maximum Gasteiger partial charge on any atom is 0.271 e. The van der Waals surface area contributed by atoms with Gasteiger partial charge < -0.3 is 9.47 Å². The number of amides is 2. The molecule has 34 heavy (non-hydrogen) atoms. The lowest BCUT2D eigenvalue weighted by atomic mass is 10.0. The minimum Gasteiger partial charge on any atom is -0.497 e. The van der Waals surface area contributed by atoms with E-state index in [0.29, 0.717) is 22.4 Å². The molecular formula is C25H21N5O4. The number of ether oxygens (including phenoxy) is 2. The molecule has 0 radical (unpaired) electrons.